The molecule has 0 aliphatic carbocycles. The number of hydrogen-bond donors (Lipinski definition) is 1. The van der Waals surface area contributed by atoms with Crippen LogP contribution in [0.15, 0.2) is 27.9 Å². The second-order valence-corrected chi connectivity index (χ2v) is 13.4. The maximum absolute atomic E-state index is 13.6. The molecular formula is C35H46N4O4S2. The van der Waals surface area contributed by atoms with Gasteiger partial charge in [-0.05, 0) is 49.1 Å². The third kappa shape index (κ3) is 8.92. The zero-order valence-corrected chi connectivity index (χ0v) is 28.5. The lowest BCUT2D eigenvalue weighted by molar-refractivity contribution is -0.122. The van der Waals surface area contributed by atoms with Gasteiger partial charge >= 0.3 is 0 Å². The molecule has 45 heavy (non-hydrogen) atoms. The van der Waals surface area contributed by atoms with Gasteiger partial charge in [0.25, 0.3) is 11.5 Å². The molecule has 1 aromatic carbocycles. The van der Waals surface area contributed by atoms with Gasteiger partial charge in [0.15, 0.2) is 11.5 Å². The minimum absolute atomic E-state index is 0.0897. The second kappa shape index (κ2) is 17.4. The third-order valence-electron chi connectivity index (χ3n) is 8.39. The van der Waals surface area contributed by atoms with Gasteiger partial charge in [-0.15, -0.1) is 0 Å². The van der Waals surface area contributed by atoms with E-state index in [1.165, 1.54) is 63.1 Å². The summed E-state index contributed by atoms with van der Waals surface area (Å²) in [6.07, 6.45) is 15.7. The van der Waals surface area contributed by atoms with Crippen molar-refractivity contribution in [1.82, 2.24) is 9.47 Å². The summed E-state index contributed by atoms with van der Waals surface area (Å²) in [5.41, 5.74) is 1.91. The van der Waals surface area contributed by atoms with E-state index in [4.69, 9.17) is 21.7 Å². The number of pyridine rings is 1. The lowest BCUT2D eigenvalue weighted by Gasteiger charge is -2.20. The largest absolute Gasteiger partial charge is 0.454 e. The molecule has 0 atom stereocenters. The average molecular weight is 651 g/mol. The lowest BCUT2D eigenvalue weighted by Crippen LogP contribution is -2.29. The number of hydrogen-bond acceptors (Lipinski definition) is 8. The predicted molar refractivity (Wildman–Crippen MR) is 187 cm³/mol. The number of benzene rings is 1. The van der Waals surface area contributed by atoms with Gasteiger partial charge in [0.05, 0.1) is 4.91 Å². The van der Waals surface area contributed by atoms with Crippen molar-refractivity contribution in [3.63, 3.8) is 0 Å². The number of aromatic nitrogens is 1. The van der Waals surface area contributed by atoms with E-state index in [1.807, 2.05) is 18.2 Å². The molecule has 2 aromatic rings. The molecule has 0 radical (unpaired) electrons. The van der Waals surface area contributed by atoms with Crippen LogP contribution in [0.3, 0.4) is 0 Å². The highest BCUT2D eigenvalue weighted by Gasteiger charge is 2.32. The summed E-state index contributed by atoms with van der Waals surface area (Å²) in [4.78, 5) is 29.3. The number of nitrogens with zero attached hydrogens (tertiary/aromatic N) is 3. The first kappa shape index (κ1) is 34.6. The SMILES string of the molecule is CCCCCCCCCCCCN1C(=O)/C(=C\c2c(C)c(C#N)c(=O)n(CCCC)c2NCc2ccc3c(c2)OCO3)SC1=S. The Kier molecular flexibility index (Phi) is 13.4. The van der Waals surface area contributed by atoms with Crippen LogP contribution in [0.2, 0.25) is 0 Å². The van der Waals surface area contributed by atoms with E-state index < -0.39 is 0 Å². The first-order valence-corrected chi connectivity index (χ1v) is 17.7. The molecule has 1 fully saturated rings. The fourth-order valence-electron chi connectivity index (χ4n) is 5.70. The van der Waals surface area contributed by atoms with Crippen LogP contribution in [-0.2, 0) is 17.9 Å². The van der Waals surface area contributed by atoms with Crippen LogP contribution in [0.25, 0.3) is 6.08 Å². The molecule has 2 aliphatic rings. The number of fused-ring (bicyclic) bond motifs is 1. The summed E-state index contributed by atoms with van der Waals surface area (Å²) < 4.78 is 13.2. The van der Waals surface area contributed by atoms with Gasteiger partial charge in [0.2, 0.25) is 6.79 Å². The molecule has 1 amide bonds. The zero-order chi connectivity index (χ0) is 32.2. The number of nitriles is 1. The van der Waals surface area contributed by atoms with Gasteiger partial charge in [-0.25, -0.2) is 0 Å². The van der Waals surface area contributed by atoms with Crippen LogP contribution in [0.4, 0.5) is 5.82 Å². The molecule has 0 unspecified atom stereocenters. The molecule has 0 bridgehead atoms. The standard InChI is InChI=1S/C35H46N4O4S2/c1-4-6-8-9-10-11-12-13-14-15-19-39-34(41)31(45-35(39)44)21-27-25(3)28(22-36)33(40)38(18-7-5-2)32(27)37-23-26-16-17-29-30(20-26)43-24-42-29/h16-17,20-21,37H,4-15,18-19,23-24H2,1-3H3/b31-21+. The summed E-state index contributed by atoms with van der Waals surface area (Å²) in [6, 6.07) is 7.85. The second-order valence-electron chi connectivity index (χ2n) is 11.7. The maximum Gasteiger partial charge on any atom is 0.270 e. The highest BCUT2D eigenvalue weighted by atomic mass is 32.2. The molecule has 242 valence electrons. The van der Waals surface area contributed by atoms with Crippen molar-refractivity contribution in [2.45, 2.75) is 111 Å². The summed E-state index contributed by atoms with van der Waals surface area (Å²) in [5.74, 6) is 1.85. The molecular weight excluding hydrogens is 605 g/mol. The quantitative estimate of drug-likeness (QED) is 0.0978. The number of carbonyl (C=O) groups is 1. The number of thiocarbonyl (C=S) groups is 1. The fourth-order valence-corrected chi connectivity index (χ4v) is 6.99. The van der Waals surface area contributed by atoms with Crippen LogP contribution in [0.5, 0.6) is 11.5 Å². The molecule has 10 heteroatoms. The van der Waals surface area contributed by atoms with Crippen molar-refractivity contribution in [3.05, 3.63) is 55.7 Å². The van der Waals surface area contributed by atoms with Gasteiger partial charge in [-0.2, -0.15) is 5.26 Å². The number of ether oxygens (including phenoxy) is 2. The van der Waals surface area contributed by atoms with Crippen molar-refractivity contribution in [3.8, 4) is 17.6 Å². The number of amides is 1. The number of nitrogens with one attached hydrogen (secondary N) is 1. The number of rotatable bonds is 18. The Hall–Kier alpha value is -3.29. The first-order chi connectivity index (χ1) is 21.9. The van der Waals surface area contributed by atoms with Crippen molar-refractivity contribution in [2.24, 2.45) is 0 Å². The Balaban J connectivity index is 1.51. The van der Waals surface area contributed by atoms with Crippen LogP contribution < -0.4 is 20.3 Å². The minimum Gasteiger partial charge on any atom is -0.454 e. The third-order valence-corrected chi connectivity index (χ3v) is 9.77. The molecule has 8 nitrogen and oxygen atoms in total. The van der Waals surface area contributed by atoms with Crippen molar-refractivity contribution in [1.29, 1.82) is 5.26 Å². The summed E-state index contributed by atoms with van der Waals surface area (Å²) in [6.45, 7) is 7.73. The van der Waals surface area contributed by atoms with E-state index in [2.05, 4.69) is 25.2 Å². The Morgan fingerprint density at radius 2 is 1.62 bits per heavy atom. The van der Waals surface area contributed by atoms with E-state index in [-0.39, 0.29) is 23.8 Å². The molecule has 0 saturated carbocycles. The molecule has 2 aliphatic heterocycles. The van der Waals surface area contributed by atoms with E-state index >= 15 is 0 Å². The Morgan fingerprint density at radius 1 is 0.956 bits per heavy atom. The molecule has 3 heterocycles. The maximum atomic E-state index is 13.6. The van der Waals surface area contributed by atoms with E-state index in [1.54, 1.807) is 22.5 Å². The predicted octanol–water partition coefficient (Wildman–Crippen LogP) is 8.29. The number of anilines is 1. The molecule has 1 N–H and O–H groups in total. The van der Waals surface area contributed by atoms with Gasteiger partial charge in [-0.3, -0.25) is 19.1 Å². The monoisotopic (exact) mass is 650 g/mol. The first-order valence-electron chi connectivity index (χ1n) is 16.4. The summed E-state index contributed by atoms with van der Waals surface area (Å²) in [5, 5.41) is 13.4. The molecule has 4 rings (SSSR count). The lowest BCUT2D eigenvalue weighted by atomic mass is 10.0. The van der Waals surface area contributed by atoms with Gasteiger partial charge in [0.1, 0.15) is 21.8 Å². The zero-order valence-electron chi connectivity index (χ0n) is 26.9. The van der Waals surface area contributed by atoms with Gasteiger partial charge < -0.3 is 14.8 Å². The Bertz CT molecular complexity index is 1490. The highest BCUT2D eigenvalue weighted by molar-refractivity contribution is 8.26. The number of carbonyl (C=O) groups excluding carboxylic acids is 1. The number of thioether (sulfide) groups is 1. The van der Waals surface area contributed by atoms with E-state index in [0.29, 0.717) is 57.3 Å². The van der Waals surface area contributed by atoms with Crippen molar-refractivity contribution in [2.75, 3.05) is 18.7 Å². The average Bonchev–Trinajstić information content (AvgIpc) is 3.61. The Labute approximate surface area is 277 Å². The fraction of sp³-hybridized carbons (Fsp3) is 0.543. The van der Waals surface area contributed by atoms with Crippen molar-refractivity contribution < 1.29 is 14.3 Å². The molecule has 1 aromatic heterocycles. The normalized spacial score (nSPS) is 14.9. The van der Waals surface area contributed by atoms with Crippen LogP contribution in [0, 0.1) is 18.3 Å². The van der Waals surface area contributed by atoms with Crippen LogP contribution >= 0.6 is 24.0 Å². The smallest absolute Gasteiger partial charge is 0.270 e. The topological polar surface area (TPSA) is 96.6 Å². The van der Waals surface area contributed by atoms with E-state index in [9.17, 15) is 14.9 Å². The van der Waals surface area contributed by atoms with Gasteiger partial charge in [-0.1, -0.05) is 108 Å². The molecule has 1 saturated heterocycles. The van der Waals surface area contributed by atoms with Crippen LogP contribution in [-0.4, -0.2) is 33.0 Å². The Morgan fingerprint density at radius 3 is 2.31 bits per heavy atom. The summed E-state index contributed by atoms with van der Waals surface area (Å²) >= 11 is 6.92. The highest BCUT2D eigenvalue weighted by Crippen LogP contribution is 2.36. The van der Waals surface area contributed by atoms with Crippen molar-refractivity contribution >= 4 is 46.1 Å². The number of unbranched alkanes of at least 4 members (excludes halogenated alkanes) is 10. The molecule has 0 spiro atoms. The van der Waals surface area contributed by atoms with E-state index in [0.717, 1.165) is 31.2 Å². The van der Waals surface area contributed by atoms with Gasteiger partial charge in [0, 0.05) is 25.2 Å². The minimum atomic E-state index is -0.331. The summed E-state index contributed by atoms with van der Waals surface area (Å²) in [7, 11) is 0. The van der Waals surface area contributed by atoms with Crippen LogP contribution in [0.1, 0.15) is 113 Å².